The maximum atomic E-state index is 11.7. The van der Waals surface area contributed by atoms with Gasteiger partial charge in [0.1, 0.15) is 6.61 Å². The van der Waals surface area contributed by atoms with Crippen LogP contribution in [0.4, 0.5) is 5.69 Å². The molecule has 3 aromatic carbocycles. The van der Waals surface area contributed by atoms with Gasteiger partial charge in [0.15, 0.2) is 5.75 Å². The van der Waals surface area contributed by atoms with Crippen molar-refractivity contribution in [2.75, 3.05) is 26.4 Å². The van der Waals surface area contributed by atoms with Crippen LogP contribution in [-0.2, 0) is 9.47 Å². The van der Waals surface area contributed by atoms with E-state index in [-0.39, 0.29) is 18.4 Å². The topological polar surface area (TPSA) is 70.8 Å². The molecule has 0 saturated heterocycles. The zero-order valence-electron chi connectivity index (χ0n) is 21.6. The van der Waals surface area contributed by atoms with Crippen LogP contribution in [0.5, 0.6) is 5.75 Å². The molecule has 0 spiro atoms. The van der Waals surface area contributed by atoms with Crippen molar-refractivity contribution in [3.8, 4) is 29.4 Å². The summed E-state index contributed by atoms with van der Waals surface area (Å²) in [5.74, 6) is 12.6. The predicted octanol–water partition coefficient (Wildman–Crippen LogP) is 6.51. The Hall–Kier alpha value is -3.62. The Morgan fingerprint density at radius 1 is 0.795 bits per heavy atom. The van der Waals surface area contributed by atoms with Crippen LogP contribution in [0.2, 0.25) is 0 Å². The van der Waals surface area contributed by atoms with Crippen LogP contribution in [0.1, 0.15) is 47.9 Å². The maximum Gasteiger partial charge on any atom is 0.272 e. The number of rotatable bonds is 9. The van der Waals surface area contributed by atoms with Crippen molar-refractivity contribution in [1.82, 2.24) is 0 Å². The van der Waals surface area contributed by atoms with E-state index in [0.717, 1.165) is 24.0 Å². The van der Waals surface area contributed by atoms with Gasteiger partial charge in [-0.3, -0.25) is 10.1 Å². The summed E-state index contributed by atoms with van der Waals surface area (Å²) in [6, 6.07) is 21.7. The number of nitro benzene ring substituents is 1. The van der Waals surface area contributed by atoms with E-state index in [1.807, 2.05) is 60.7 Å². The van der Waals surface area contributed by atoms with Gasteiger partial charge in [0.05, 0.1) is 42.0 Å². The van der Waals surface area contributed by atoms with Crippen molar-refractivity contribution in [3.63, 3.8) is 0 Å². The van der Waals surface area contributed by atoms with E-state index in [2.05, 4.69) is 39.6 Å². The normalized spacial score (nSPS) is 16.3. The summed E-state index contributed by atoms with van der Waals surface area (Å²) in [6.45, 7) is 1.55. The summed E-state index contributed by atoms with van der Waals surface area (Å²) in [6.07, 6.45) is 4.87. The smallest absolute Gasteiger partial charge is 0.272 e. The fraction of sp³-hybridized carbons (Fsp3) is 0.312. The highest BCUT2D eigenvalue weighted by molar-refractivity contribution is 9.09. The van der Waals surface area contributed by atoms with Crippen molar-refractivity contribution >= 4 is 21.6 Å². The second-order valence-electron chi connectivity index (χ2n) is 9.03. The molecule has 4 rings (SSSR count). The summed E-state index contributed by atoms with van der Waals surface area (Å²) in [4.78, 5) is 11.7. The zero-order chi connectivity index (χ0) is 27.3. The Kier molecular flexibility index (Phi) is 11.0. The van der Waals surface area contributed by atoms with Crippen molar-refractivity contribution in [1.29, 1.82) is 0 Å². The fourth-order valence-corrected chi connectivity index (χ4v) is 4.93. The van der Waals surface area contributed by atoms with Gasteiger partial charge in [-0.15, -0.1) is 0 Å². The molecule has 0 heterocycles. The molecule has 0 aliphatic heterocycles. The first-order valence-electron chi connectivity index (χ1n) is 13.0. The quantitative estimate of drug-likeness (QED) is 0.0937. The molecule has 1 saturated carbocycles. The van der Waals surface area contributed by atoms with Gasteiger partial charge in [-0.05, 0) is 37.1 Å². The molecule has 2 atom stereocenters. The lowest BCUT2D eigenvalue weighted by Crippen LogP contribution is -2.29. The Labute approximate surface area is 238 Å². The van der Waals surface area contributed by atoms with Gasteiger partial charge in [0, 0.05) is 28.1 Å². The molecule has 0 unspecified atom stereocenters. The molecular formula is C32H30BrNO5. The van der Waals surface area contributed by atoms with Crippen LogP contribution >= 0.6 is 15.9 Å². The third-order valence-electron chi connectivity index (χ3n) is 6.17. The van der Waals surface area contributed by atoms with Crippen molar-refractivity contribution in [2.24, 2.45) is 0 Å². The maximum absolute atomic E-state index is 11.7. The van der Waals surface area contributed by atoms with E-state index in [1.165, 1.54) is 25.0 Å². The van der Waals surface area contributed by atoms with Crippen LogP contribution in [0.15, 0.2) is 72.8 Å². The lowest BCUT2D eigenvalue weighted by atomic mass is 9.98. The van der Waals surface area contributed by atoms with E-state index in [4.69, 9.17) is 14.2 Å². The lowest BCUT2D eigenvalue weighted by Gasteiger charge is -2.27. The molecule has 0 bridgehead atoms. The number of halogens is 1. The molecule has 1 aliphatic rings. The summed E-state index contributed by atoms with van der Waals surface area (Å²) in [5, 5.41) is 11.7. The number of hydrogen-bond acceptors (Lipinski definition) is 5. The molecule has 0 amide bonds. The van der Waals surface area contributed by atoms with Crippen LogP contribution in [0.25, 0.3) is 0 Å². The Morgan fingerprint density at radius 3 is 1.92 bits per heavy atom. The second-order valence-corrected chi connectivity index (χ2v) is 10.2. The monoisotopic (exact) mass is 587 g/mol. The molecule has 0 N–H and O–H groups in total. The van der Waals surface area contributed by atoms with Crippen LogP contribution in [0.3, 0.4) is 0 Å². The van der Waals surface area contributed by atoms with Gasteiger partial charge in [-0.1, -0.05) is 88.9 Å². The fourth-order valence-electron chi connectivity index (χ4n) is 4.18. The molecule has 1 aliphatic carbocycles. The third-order valence-corrected chi connectivity index (χ3v) is 7.22. The van der Waals surface area contributed by atoms with E-state index in [9.17, 15) is 10.1 Å². The average molecular weight is 588 g/mol. The number of hydrogen-bond donors (Lipinski definition) is 0. The van der Waals surface area contributed by atoms with E-state index < -0.39 is 4.92 Å². The SMILES string of the molecule is O=[N+]([O-])c1cc(C#Cc2ccccc2)c(OCCOCCO[C@@H]2CCCC[C@H]2Br)c(C#Cc2ccccc2)c1. The first kappa shape index (κ1) is 28.4. The Bertz CT molecular complexity index is 1280. The standard InChI is InChI=1S/C32H30BrNO5/c33-30-13-7-8-14-31(30)38-21-19-37-20-22-39-32-27(17-15-25-9-3-1-4-10-25)23-29(34(35)36)24-28(32)18-16-26-11-5-2-6-12-26/h1-6,9-12,23-24,30-31H,7-8,13-14,19-22H2/t30-,31-/m1/s1. The Balaban J connectivity index is 1.49. The van der Waals surface area contributed by atoms with Crippen molar-refractivity contribution in [2.45, 2.75) is 36.6 Å². The molecule has 0 radical (unpaired) electrons. The second kappa shape index (κ2) is 15.1. The zero-order valence-corrected chi connectivity index (χ0v) is 23.2. The minimum absolute atomic E-state index is 0.0988. The highest BCUT2D eigenvalue weighted by Gasteiger charge is 2.23. The molecule has 39 heavy (non-hydrogen) atoms. The van der Waals surface area contributed by atoms with Gasteiger partial charge in [-0.25, -0.2) is 0 Å². The summed E-state index contributed by atoms with van der Waals surface area (Å²) < 4.78 is 17.8. The number of ether oxygens (including phenoxy) is 3. The third kappa shape index (κ3) is 8.97. The summed E-state index contributed by atoms with van der Waals surface area (Å²) in [5.41, 5.74) is 2.28. The van der Waals surface area contributed by atoms with Crippen LogP contribution in [0, 0.1) is 33.8 Å². The number of benzene rings is 3. The minimum atomic E-state index is -0.446. The van der Waals surface area contributed by atoms with E-state index in [1.54, 1.807) is 0 Å². The number of nitrogens with zero attached hydrogens (tertiary/aromatic N) is 1. The average Bonchev–Trinajstić information content (AvgIpc) is 2.96. The highest BCUT2D eigenvalue weighted by atomic mass is 79.9. The number of alkyl halides is 1. The number of nitro groups is 1. The van der Waals surface area contributed by atoms with Crippen LogP contribution < -0.4 is 4.74 Å². The van der Waals surface area contributed by atoms with Gasteiger partial charge in [0.2, 0.25) is 0 Å². The van der Waals surface area contributed by atoms with Crippen molar-refractivity contribution < 1.29 is 19.1 Å². The van der Waals surface area contributed by atoms with Gasteiger partial charge in [-0.2, -0.15) is 0 Å². The first-order chi connectivity index (χ1) is 19.1. The molecule has 6 nitrogen and oxygen atoms in total. The van der Waals surface area contributed by atoms with Gasteiger partial charge in [0.25, 0.3) is 5.69 Å². The lowest BCUT2D eigenvalue weighted by molar-refractivity contribution is -0.384. The Morgan fingerprint density at radius 2 is 1.36 bits per heavy atom. The van der Waals surface area contributed by atoms with Gasteiger partial charge >= 0.3 is 0 Å². The molecule has 1 fully saturated rings. The molecule has 0 aromatic heterocycles. The minimum Gasteiger partial charge on any atom is -0.489 e. The molecule has 7 heteroatoms. The summed E-state index contributed by atoms with van der Waals surface area (Å²) in [7, 11) is 0. The summed E-state index contributed by atoms with van der Waals surface area (Å²) >= 11 is 3.71. The molecule has 200 valence electrons. The molecule has 3 aromatic rings. The highest BCUT2D eigenvalue weighted by Crippen LogP contribution is 2.29. The van der Waals surface area contributed by atoms with E-state index in [0.29, 0.717) is 41.5 Å². The van der Waals surface area contributed by atoms with E-state index >= 15 is 0 Å². The first-order valence-corrected chi connectivity index (χ1v) is 13.9. The van der Waals surface area contributed by atoms with Crippen molar-refractivity contribution in [3.05, 3.63) is 105 Å². The van der Waals surface area contributed by atoms with Crippen LogP contribution in [-0.4, -0.2) is 42.3 Å². The largest absolute Gasteiger partial charge is 0.489 e. The number of non-ortho nitro benzene ring substituents is 1. The molecular weight excluding hydrogens is 558 g/mol. The van der Waals surface area contributed by atoms with Gasteiger partial charge < -0.3 is 14.2 Å². The predicted molar refractivity (Wildman–Crippen MR) is 155 cm³/mol.